The van der Waals surface area contributed by atoms with E-state index in [1.807, 2.05) is 0 Å². The molecule has 0 aromatic rings. The van der Waals surface area contributed by atoms with Crippen LogP contribution in [0.15, 0.2) is 24.3 Å². The van der Waals surface area contributed by atoms with Crippen LogP contribution in [0.4, 0.5) is 0 Å². The van der Waals surface area contributed by atoms with Crippen molar-refractivity contribution in [3.05, 3.63) is 24.3 Å². The zero-order valence-corrected chi connectivity index (χ0v) is 63.4. The second-order valence-corrected chi connectivity index (χ2v) is 30.8. The molecule has 0 heterocycles. The summed E-state index contributed by atoms with van der Waals surface area (Å²) in [5.41, 5.74) is 0. The van der Waals surface area contributed by atoms with Crippen LogP contribution in [0.5, 0.6) is 0 Å². The van der Waals surface area contributed by atoms with Crippen molar-refractivity contribution in [2.24, 2.45) is 17.8 Å². The van der Waals surface area contributed by atoms with E-state index in [0.717, 1.165) is 121 Å². The van der Waals surface area contributed by atoms with Crippen LogP contribution in [0.25, 0.3) is 0 Å². The predicted molar refractivity (Wildman–Crippen MR) is 386 cm³/mol. The van der Waals surface area contributed by atoms with Gasteiger partial charge in [0.2, 0.25) is 0 Å². The number of carbonyl (C=O) groups is 4. The molecule has 95 heavy (non-hydrogen) atoms. The number of aliphatic hydroxyl groups is 1. The average Bonchev–Trinajstić information content (AvgIpc) is 2.04. The second kappa shape index (κ2) is 66.1. The Balaban J connectivity index is 5.27. The number of allylic oxidation sites excluding steroid dienone is 4. The first-order chi connectivity index (χ1) is 45.8. The maximum atomic E-state index is 13.1. The summed E-state index contributed by atoms with van der Waals surface area (Å²) >= 11 is 0. The van der Waals surface area contributed by atoms with E-state index in [0.29, 0.717) is 31.6 Å². The first-order valence-electron chi connectivity index (χ1n) is 38.7. The molecule has 0 amide bonds. The van der Waals surface area contributed by atoms with Crippen LogP contribution in [-0.2, 0) is 65.4 Å². The largest absolute Gasteiger partial charge is 0.472 e. The minimum absolute atomic E-state index is 0.0845. The molecule has 0 saturated heterocycles. The molecule has 17 nitrogen and oxygen atoms in total. The molecule has 560 valence electrons. The van der Waals surface area contributed by atoms with Gasteiger partial charge in [-0.3, -0.25) is 37.3 Å². The van der Waals surface area contributed by atoms with Gasteiger partial charge in [-0.05, 0) is 69.1 Å². The number of esters is 4. The quantitative estimate of drug-likeness (QED) is 0.0169. The first-order valence-corrected chi connectivity index (χ1v) is 41.7. The molecule has 0 spiro atoms. The van der Waals surface area contributed by atoms with Crippen LogP contribution in [0.2, 0.25) is 0 Å². The van der Waals surface area contributed by atoms with Crippen LogP contribution in [-0.4, -0.2) is 96.7 Å². The Morgan fingerprint density at radius 1 is 0.347 bits per heavy atom. The molecular weight excluding hydrogens is 1250 g/mol. The smallest absolute Gasteiger partial charge is 0.462 e. The minimum Gasteiger partial charge on any atom is -0.462 e. The number of hydrogen-bond donors (Lipinski definition) is 3. The van der Waals surface area contributed by atoms with Gasteiger partial charge in [-0.2, -0.15) is 0 Å². The highest BCUT2D eigenvalue weighted by Gasteiger charge is 2.30. The minimum atomic E-state index is -4.97. The van der Waals surface area contributed by atoms with Gasteiger partial charge in [0.1, 0.15) is 19.3 Å². The van der Waals surface area contributed by atoms with Gasteiger partial charge in [0.15, 0.2) is 12.2 Å². The van der Waals surface area contributed by atoms with Crippen molar-refractivity contribution in [2.45, 2.75) is 381 Å². The zero-order valence-electron chi connectivity index (χ0n) is 61.6. The summed E-state index contributed by atoms with van der Waals surface area (Å²) in [6.07, 6.45) is 55.0. The molecule has 0 bridgehead atoms. The van der Waals surface area contributed by atoms with Crippen molar-refractivity contribution in [2.75, 3.05) is 39.6 Å². The van der Waals surface area contributed by atoms with E-state index in [2.05, 4.69) is 72.8 Å². The number of phosphoric ester groups is 2. The summed E-state index contributed by atoms with van der Waals surface area (Å²) in [6, 6.07) is 0. The van der Waals surface area contributed by atoms with Crippen LogP contribution < -0.4 is 0 Å². The Morgan fingerprint density at radius 3 is 0.937 bits per heavy atom. The molecule has 0 aromatic heterocycles. The molecule has 3 unspecified atom stereocenters. The van der Waals surface area contributed by atoms with Gasteiger partial charge in [-0.1, -0.05) is 310 Å². The number of unbranched alkanes of at least 4 members (excludes halogenated alkanes) is 36. The summed E-state index contributed by atoms with van der Waals surface area (Å²) in [7, 11) is -9.92. The summed E-state index contributed by atoms with van der Waals surface area (Å²) in [5.74, 6) is 0.128. The lowest BCUT2D eigenvalue weighted by Crippen LogP contribution is -2.30. The SMILES string of the molecule is CCCCCC/C=C\C=C/CCCCCCCC(=O)O[C@H](COC(=O)CCCCCCCCCCCCC(C)CC)COP(=O)(O)OC[C@@H](O)COP(=O)(O)OC[C@@H](COC(=O)CCCCCCCCC(C)C)OC(=O)CCCCCCCCCCCCCCCCC(C)C. The molecule has 0 aliphatic carbocycles. The van der Waals surface area contributed by atoms with Gasteiger partial charge in [-0.25, -0.2) is 9.13 Å². The topological polar surface area (TPSA) is 237 Å². The molecule has 0 fully saturated rings. The lowest BCUT2D eigenvalue weighted by Gasteiger charge is -2.21. The first kappa shape index (κ1) is 92.5. The Kier molecular flexibility index (Phi) is 64.4. The fourth-order valence-electron chi connectivity index (χ4n) is 11.0. The van der Waals surface area contributed by atoms with Gasteiger partial charge in [0.05, 0.1) is 26.4 Å². The van der Waals surface area contributed by atoms with Crippen LogP contribution >= 0.6 is 15.6 Å². The lowest BCUT2D eigenvalue weighted by atomic mass is 9.99. The molecule has 0 saturated carbocycles. The van der Waals surface area contributed by atoms with Crippen molar-refractivity contribution < 1.29 is 80.2 Å². The molecule has 0 aliphatic heterocycles. The van der Waals surface area contributed by atoms with E-state index in [-0.39, 0.29) is 25.7 Å². The Morgan fingerprint density at radius 2 is 0.621 bits per heavy atom. The van der Waals surface area contributed by atoms with Gasteiger partial charge in [0.25, 0.3) is 0 Å². The fraction of sp³-hybridized carbons (Fsp3) is 0.895. The molecular formula is C76H144O17P2. The monoisotopic (exact) mass is 1390 g/mol. The van der Waals surface area contributed by atoms with Gasteiger partial charge in [0, 0.05) is 25.7 Å². The van der Waals surface area contributed by atoms with Crippen molar-refractivity contribution in [1.82, 2.24) is 0 Å². The van der Waals surface area contributed by atoms with Crippen molar-refractivity contribution in [1.29, 1.82) is 0 Å². The van der Waals surface area contributed by atoms with E-state index < -0.39 is 97.5 Å². The highest BCUT2D eigenvalue weighted by molar-refractivity contribution is 7.47. The molecule has 0 rings (SSSR count). The zero-order chi connectivity index (χ0) is 70.1. The third-order valence-corrected chi connectivity index (χ3v) is 19.3. The summed E-state index contributed by atoms with van der Waals surface area (Å²) < 4.78 is 68.4. The van der Waals surface area contributed by atoms with E-state index in [1.54, 1.807) is 0 Å². The summed E-state index contributed by atoms with van der Waals surface area (Å²) in [6.45, 7) is 11.8. The van der Waals surface area contributed by atoms with E-state index in [1.165, 1.54) is 154 Å². The fourth-order valence-corrected chi connectivity index (χ4v) is 12.6. The van der Waals surface area contributed by atoms with E-state index >= 15 is 0 Å². The van der Waals surface area contributed by atoms with E-state index in [9.17, 15) is 43.2 Å². The Labute approximate surface area is 580 Å². The number of rotatable bonds is 72. The average molecular weight is 1390 g/mol. The Hall–Kier alpha value is -2.46. The normalized spacial score (nSPS) is 14.5. The maximum absolute atomic E-state index is 13.1. The Bertz CT molecular complexity index is 1950. The highest BCUT2D eigenvalue weighted by atomic mass is 31.2. The van der Waals surface area contributed by atoms with Crippen LogP contribution in [0.1, 0.15) is 363 Å². The third-order valence-electron chi connectivity index (χ3n) is 17.4. The molecule has 3 N–H and O–H groups in total. The number of ether oxygens (including phenoxy) is 4. The van der Waals surface area contributed by atoms with Crippen molar-refractivity contribution >= 4 is 39.5 Å². The van der Waals surface area contributed by atoms with Crippen molar-refractivity contribution in [3.63, 3.8) is 0 Å². The summed E-state index contributed by atoms with van der Waals surface area (Å²) in [5, 5.41) is 10.6. The van der Waals surface area contributed by atoms with Gasteiger partial charge in [-0.15, -0.1) is 0 Å². The predicted octanol–water partition coefficient (Wildman–Crippen LogP) is 21.7. The maximum Gasteiger partial charge on any atom is 0.472 e. The molecule has 0 aromatic carbocycles. The molecule has 0 radical (unpaired) electrons. The number of aliphatic hydroxyl groups excluding tert-OH is 1. The standard InChI is InChI=1S/C76H144O17P2/c1-8-10-11-12-13-14-15-16-17-21-24-31-36-45-52-59-75(80)92-71(63-86-73(78)57-50-43-35-30-27-26-29-34-42-49-56-69(7)9-2)65-90-94(82,83)88-61-70(77)62-89-95(84,85)91-66-72(64-87-74(79)58-51-44-39-38-41-48-55-68(5)6)93-76(81)60-53-46-37-32-25-22-19-18-20-23-28-33-40-47-54-67(3)4/h14-17,67-72,77H,8-13,18-66H2,1-7H3,(H,82,83)(H,84,85)/b15-14-,17-16-/t69?,70-,71-,72-/m1/s1. The number of phosphoric acid groups is 2. The lowest BCUT2D eigenvalue weighted by molar-refractivity contribution is -0.161. The molecule has 19 heteroatoms. The number of hydrogen-bond acceptors (Lipinski definition) is 15. The van der Waals surface area contributed by atoms with Crippen LogP contribution in [0, 0.1) is 17.8 Å². The van der Waals surface area contributed by atoms with Crippen molar-refractivity contribution in [3.8, 4) is 0 Å². The van der Waals surface area contributed by atoms with E-state index in [4.69, 9.17) is 37.0 Å². The van der Waals surface area contributed by atoms with Gasteiger partial charge < -0.3 is 33.8 Å². The molecule has 6 atom stereocenters. The van der Waals surface area contributed by atoms with Gasteiger partial charge >= 0.3 is 39.5 Å². The van der Waals surface area contributed by atoms with Crippen LogP contribution in [0.3, 0.4) is 0 Å². The number of carbonyl (C=O) groups excluding carboxylic acids is 4. The summed E-state index contributed by atoms with van der Waals surface area (Å²) in [4.78, 5) is 72.8. The second-order valence-electron chi connectivity index (χ2n) is 27.9. The highest BCUT2D eigenvalue weighted by Crippen LogP contribution is 2.45. The third kappa shape index (κ3) is 68.5. The molecule has 0 aliphatic rings.